The SMILES string of the molecule is NN1C=CC=NN1c1ccc(Cl)cc1. The molecule has 1 heterocycles. The van der Waals surface area contributed by atoms with Gasteiger partial charge in [-0.3, -0.25) is 0 Å². The number of anilines is 1. The van der Waals surface area contributed by atoms with Gasteiger partial charge in [-0.2, -0.15) is 10.2 Å². The Labute approximate surface area is 86.8 Å². The van der Waals surface area contributed by atoms with Crippen LogP contribution in [0.25, 0.3) is 0 Å². The van der Waals surface area contributed by atoms with E-state index >= 15 is 0 Å². The second kappa shape index (κ2) is 3.69. The summed E-state index contributed by atoms with van der Waals surface area (Å²) in [6, 6.07) is 7.27. The molecule has 0 saturated carbocycles. The summed E-state index contributed by atoms with van der Waals surface area (Å²) in [7, 11) is 0. The van der Waals surface area contributed by atoms with E-state index in [4.69, 9.17) is 17.4 Å². The lowest BCUT2D eigenvalue weighted by atomic mass is 10.3. The summed E-state index contributed by atoms with van der Waals surface area (Å²) in [6.07, 6.45) is 5.13. The summed E-state index contributed by atoms with van der Waals surface area (Å²) < 4.78 is 0. The second-order valence-corrected chi connectivity index (χ2v) is 3.19. The maximum atomic E-state index is 5.77. The predicted octanol–water partition coefficient (Wildman–Crippen LogP) is 1.75. The van der Waals surface area contributed by atoms with Crippen LogP contribution in [-0.4, -0.2) is 11.3 Å². The van der Waals surface area contributed by atoms with Crippen LogP contribution >= 0.6 is 11.6 Å². The van der Waals surface area contributed by atoms with Crippen LogP contribution < -0.4 is 11.0 Å². The Bertz CT molecular complexity index is 371. The second-order valence-electron chi connectivity index (χ2n) is 2.75. The predicted molar refractivity (Wildman–Crippen MR) is 57.6 cm³/mol. The van der Waals surface area contributed by atoms with Gasteiger partial charge >= 0.3 is 0 Å². The topological polar surface area (TPSA) is 44.9 Å². The summed E-state index contributed by atoms with van der Waals surface area (Å²) in [5.74, 6) is 5.67. The van der Waals surface area contributed by atoms with E-state index in [0.717, 1.165) is 5.69 Å². The molecule has 1 aromatic rings. The van der Waals surface area contributed by atoms with Gasteiger partial charge in [-0.1, -0.05) is 11.6 Å². The number of nitrogens with zero attached hydrogens (tertiary/aromatic N) is 3. The molecule has 0 unspecified atom stereocenters. The van der Waals surface area contributed by atoms with Crippen molar-refractivity contribution in [3.05, 3.63) is 41.6 Å². The third-order valence-corrected chi connectivity index (χ3v) is 2.03. The van der Waals surface area contributed by atoms with Gasteiger partial charge in [-0.05, 0) is 30.3 Å². The van der Waals surface area contributed by atoms with Gasteiger partial charge in [0.15, 0.2) is 0 Å². The smallest absolute Gasteiger partial charge is 0.0852 e. The zero-order valence-electron chi connectivity index (χ0n) is 7.34. The molecule has 1 aliphatic heterocycles. The van der Waals surface area contributed by atoms with Crippen molar-refractivity contribution < 1.29 is 0 Å². The highest BCUT2D eigenvalue weighted by atomic mass is 35.5. The first kappa shape index (κ1) is 9.05. The maximum Gasteiger partial charge on any atom is 0.0852 e. The van der Waals surface area contributed by atoms with Gasteiger partial charge in [-0.15, -0.1) is 0 Å². The Morgan fingerprint density at radius 2 is 1.93 bits per heavy atom. The van der Waals surface area contributed by atoms with Crippen LogP contribution in [0.15, 0.2) is 41.6 Å². The Hall–Kier alpha value is -1.52. The largest absolute Gasteiger partial charge is 0.227 e. The molecule has 0 spiro atoms. The number of rotatable bonds is 1. The quantitative estimate of drug-likeness (QED) is 0.716. The molecule has 4 nitrogen and oxygen atoms in total. The summed E-state index contributed by atoms with van der Waals surface area (Å²) >= 11 is 5.77. The normalized spacial score (nSPS) is 15.0. The fourth-order valence-electron chi connectivity index (χ4n) is 1.13. The highest BCUT2D eigenvalue weighted by Crippen LogP contribution is 2.19. The molecule has 0 atom stereocenters. The highest BCUT2D eigenvalue weighted by molar-refractivity contribution is 6.30. The maximum absolute atomic E-state index is 5.77. The Balaban J connectivity index is 2.27. The summed E-state index contributed by atoms with van der Waals surface area (Å²) in [4.78, 5) is 0. The molecule has 0 saturated heterocycles. The van der Waals surface area contributed by atoms with Crippen molar-refractivity contribution in [2.45, 2.75) is 0 Å². The van der Waals surface area contributed by atoms with Crippen LogP contribution in [0.4, 0.5) is 5.69 Å². The molecule has 1 aliphatic rings. The van der Waals surface area contributed by atoms with E-state index in [-0.39, 0.29) is 0 Å². The van der Waals surface area contributed by atoms with E-state index < -0.39 is 0 Å². The van der Waals surface area contributed by atoms with Crippen molar-refractivity contribution in [3.8, 4) is 0 Å². The molecular weight excluding hydrogens is 200 g/mol. The van der Waals surface area contributed by atoms with Crippen molar-refractivity contribution in [1.82, 2.24) is 5.12 Å². The minimum Gasteiger partial charge on any atom is -0.227 e. The van der Waals surface area contributed by atoms with Crippen LogP contribution in [-0.2, 0) is 0 Å². The number of hydrazone groups is 1. The van der Waals surface area contributed by atoms with E-state index in [1.165, 1.54) is 5.12 Å². The van der Waals surface area contributed by atoms with Crippen LogP contribution in [0.1, 0.15) is 0 Å². The molecule has 2 rings (SSSR count). The van der Waals surface area contributed by atoms with Crippen LogP contribution in [0, 0.1) is 0 Å². The summed E-state index contributed by atoms with van der Waals surface area (Å²) in [5, 5.41) is 7.74. The number of hydrogen-bond acceptors (Lipinski definition) is 4. The lowest BCUT2D eigenvalue weighted by Gasteiger charge is -2.28. The van der Waals surface area contributed by atoms with Gasteiger partial charge in [0.05, 0.1) is 11.9 Å². The molecule has 0 fully saturated rings. The lowest BCUT2D eigenvalue weighted by molar-refractivity contribution is 0.360. The van der Waals surface area contributed by atoms with Crippen LogP contribution in [0.2, 0.25) is 5.02 Å². The van der Waals surface area contributed by atoms with Gasteiger partial charge in [0, 0.05) is 11.2 Å². The summed E-state index contributed by atoms with van der Waals surface area (Å²) in [6.45, 7) is 0. The minimum absolute atomic E-state index is 0.689. The highest BCUT2D eigenvalue weighted by Gasteiger charge is 2.09. The third-order valence-electron chi connectivity index (χ3n) is 1.78. The van der Waals surface area contributed by atoms with Crippen molar-refractivity contribution in [1.29, 1.82) is 0 Å². The average Bonchev–Trinajstić information content (AvgIpc) is 2.20. The molecule has 5 heteroatoms. The first-order valence-electron chi connectivity index (χ1n) is 4.08. The van der Waals surface area contributed by atoms with E-state index in [2.05, 4.69) is 5.10 Å². The van der Waals surface area contributed by atoms with E-state index in [1.54, 1.807) is 35.7 Å². The number of nitrogens with two attached hydrogens (primary N) is 1. The van der Waals surface area contributed by atoms with Gasteiger partial charge in [-0.25, -0.2) is 11.0 Å². The third kappa shape index (κ3) is 1.71. The van der Waals surface area contributed by atoms with E-state index in [0.29, 0.717) is 5.02 Å². The average molecular weight is 209 g/mol. The molecular formula is C9H9ClN4. The zero-order chi connectivity index (χ0) is 9.97. The van der Waals surface area contributed by atoms with Crippen molar-refractivity contribution in [2.24, 2.45) is 10.9 Å². The van der Waals surface area contributed by atoms with Crippen molar-refractivity contribution >= 4 is 23.5 Å². The van der Waals surface area contributed by atoms with Crippen LogP contribution in [0.5, 0.6) is 0 Å². The monoisotopic (exact) mass is 208 g/mol. The van der Waals surface area contributed by atoms with Gasteiger partial charge in [0.25, 0.3) is 0 Å². The van der Waals surface area contributed by atoms with E-state index in [1.807, 2.05) is 12.1 Å². The molecule has 2 N–H and O–H groups in total. The van der Waals surface area contributed by atoms with Crippen LogP contribution in [0.3, 0.4) is 0 Å². The first-order chi connectivity index (χ1) is 6.77. The molecule has 0 radical (unpaired) electrons. The molecule has 0 bridgehead atoms. The van der Waals surface area contributed by atoms with Gasteiger partial charge < -0.3 is 0 Å². The standard InChI is InChI=1S/C9H9ClN4/c10-8-2-4-9(5-3-8)14-12-6-1-7-13(14)11/h1-7H,11H2. The molecule has 72 valence electrons. The fourth-order valence-corrected chi connectivity index (χ4v) is 1.25. The number of halogens is 1. The summed E-state index contributed by atoms with van der Waals surface area (Å²) in [5.41, 5.74) is 0.859. The number of allylic oxidation sites excluding steroid dienone is 1. The zero-order valence-corrected chi connectivity index (χ0v) is 8.09. The van der Waals surface area contributed by atoms with Gasteiger partial charge in [0.2, 0.25) is 0 Å². The van der Waals surface area contributed by atoms with Gasteiger partial charge in [0.1, 0.15) is 0 Å². The molecule has 0 amide bonds. The van der Waals surface area contributed by atoms with E-state index in [9.17, 15) is 0 Å². The Kier molecular flexibility index (Phi) is 2.39. The van der Waals surface area contributed by atoms with Crippen molar-refractivity contribution in [3.63, 3.8) is 0 Å². The number of hydrogen-bond donors (Lipinski definition) is 1. The first-order valence-corrected chi connectivity index (χ1v) is 4.45. The molecule has 14 heavy (non-hydrogen) atoms. The Morgan fingerprint density at radius 3 is 2.57 bits per heavy atom. The fraction of sp³-hybridized carbons (Fsp3) is 0. The Morgan fingerprint density at radius 1 is 1.21 bits per heavy atom. The number of hydrazine groups is 2. The minimum atomic E-state index is 0.689. The molecule has 1 aromatic carbocycles. The molecule has 0 aromatic heterocycles. The van der Waals surface area contributed by atoms with Crippen molar-refractivity contribution in [2.75, 3.05) is 5.12 Å². The number of benzene rings is 1. The lowest BCUT2D eigenvalue weighted by Crippen LogP contribution is -2.41. The molecule has 0 aliphatic carbocycles.